The second-order valence-electron chi connectivity index (χ2n) is 5.66. The number of nitrogens with one attached hydrogen (secondary N) is 1. The Morgan fingerprint density at radius 3 is 2.68 bits per heavy atom. The van der Waals surface area contributed by atoms with Crippen molar-refractivity contribution >= 4 is 12.2 Å². The zero-order valence-electron chi connectivity index (χ0n) is 12.7. The summed E-state index contributed by atoms with van der Waals surface area (Å²) in [5.74, 6) is 0.0407. The highest BCUT2D eigenvalue weighted by Gasteiger charge is 2.35. The van der Waals surface area contributed by atoms with Crippen LogP contribution in [0.25, 0.3) is 0 Å². The van der Waals surface area contributed by atoms with Crippen LogP contribution >= 0.6 is 0 Å². The number of benzene rings is 1. The molecule has 2 rings (SSSR count). The fourth-order valence-electron chi connectivity index (χ4n) is 2.69. The van der Waals surface area contributed by atoms with Crippen LogP contribution in [0.2, 0.25) is 0 Å². The van der Waals surface area contributed by atoms with Crippen molar-refractivity contribution in [2.24, 2.45) is 0 Å². The van der Waals surface area contributed by atoms with Crippen molar-refractivity contribution in [3.8, 4) is 11.8 Å². The fourth-order valence-corrected chi connectivity index (χ4v) is 2.69. The molecule has 1 aromatic rings. The number of aldehydes is 1. The molecule has 1 amide bonds. The van der Waals surface area contributed by atoms with Gasteiger partial charge in [0.25, 0.3) is 5.91 Å². The molecule has 5 nitrogen and oxygen atoms in total. The number of carbonyl (C=O) groups is 2. The number of nitrogens with zero attached hydrogens (tertiary/aromatic N) is 1. The minimum atomic E-state index is -0.781. The minimum Gasteiger partial charge on any atom is -0.480 e. The van der Waals surface area contributed by atoms with Gasteiger partial charge in [-0.3, -0.25) is 9.59 Å². The molecule has 0 bridgehead atoms. The van der Waals surface area contributed by atoms with Gasteiger partial charge in [0.05, 0.1) is 11.6 Å². The van der Waals surface area contributed by atoms with Crippen LogP contribution in [0.1, 0.15) is 49.4 Å². The predicted molar refractivity (Wildman–Crippen MR) is 81.5 cm³/mol. The summed E-state index contributed by atoms with van der Waals surface area (Å²) in [6, 6.07) is 8.99. The summed E-state index contributed by atoms with van der Waals surface area (Å²) in [5, 5.41) is 12.2. The first kappa shape index (κ1) is 16.0. The number of amides is 1. The number of hydrogen-bond donors (Lipinski definition) is 1. The molecule has 0 spiro atoms. The normalized spacial score (nSPS) is 17.8. The van der Waals surface area contributed by atoms with Crippen molar-refractivity contribution in [1.29, 1.82) is 5.26 Å². The van der Waals surface area contributed by atoms with Gasteiger partial charge in [0.1, 0.15) is 11.3 Å². The second kappa shape index (κ2) is 7.08. The van der Waals surface area contributed by atoms with Gasteiger partial charge in [-0.15, -0.1) is 0 Å². The van der Waals surface area contributed by atoms with Gasteiger partial charge in [0.15, 0.2) is 12.4 Å². The first-order valence-electron chi connectivity index (χ1n) is 7.54. The number of nitriles is 1. The van der Waals surface area contributed by atoms with Crippen LogP contribution in [-0.2, 0) is 4.79 Å². The molecule has 0 heterocycles. The second-order valence-corrected chi connectivity index (χ2v) is 5.66. The van der Waals surface area contributed by atoms with E-state index in [9.17, 15) is 14.9 Å². The van der Waals surface area contributed by atoms with Gasteiger partial charge in [-0.25, -0.2) is 0 Å². The lowest BCUT2D eigenvalue weighted by atomic mass is 9.83. The summed E-state index contributed by atoms with van der Waals surface area (Å²) in [4.78, 5) is 23.3. The lowest BCUT2D eigenvalue weighted by Gasteiger charge is -2.32. The van der Waals surface area contributed by atoms with Crippen LogP contribution in [0, 0.1) is 11.3 Å². The number of ether oxygens (including phenoxy) is 1. The number of carbonyl (C=O) groups excluding carboxylic acids is 2. The molecular formula is C17H20N2O3. The van der Waals surface area contributed by atoms with E-state index in [-0.39, 0.29) is 5.91 Å². The molecule has 1 aliphatic carbocycles. The molecule has 116 valence electrons. The molecule has 0 unspecified atom stereocenters. The van der Waals surface area contributed by atoms with E-state index in [4.69, 9.17) is 4.74 Å². The molecule has 1 saturated carbocycles. The van der Waals surface area contributed by atoms with Gasteiger partial charge in [-0.2, -0.15) is 5.26 Å². The Balaban J connectivity index is 2.03. The van der Waals surface area contributed by atoms with Crippen LogP contribution in [-0.4, -0.2) is 23.8 Å². The van der Waals surface area contributed by atoms with E-state index in [0.29, 0.717) is 30.4 Å². The summed E-state index contributed by atoms with van der Waals surface area (Å²) in [7, 11) is 0. The van der Waals surface area contributed by atoms with E-state index >= 15 is 0 Å². The SMILES string of the molecule is C[C@@H](Oc1ccccc1C=O)C(=O)NC1(C#N)CCCCC1. The van der Waals surface area contributed by atoms with Crippen LogP contribution in [0.4, 0.5) is 0 Å². The van der Waals surface area contributed by atoms with E-state index in [1.54, 1.807) is 31.2 Å². The fraction of sp³-hybridized carbons (Fsp3) is 0.471. The monoisotopic (exact) mass is 300 g/mol. The maximum Gasteiger partial charge on any atom is 0.262 e. The first-order chi connectivity index (χ1) is 10.6. The number of para-hydroxylation sites is 1. The van der Waals surface area contributed by atoms with Crippen molar-refractivity contribution in [1.82, 2.24) is 5.32 Å². The van der Waals surface area contributed by atoms with Gasteiger partial charge in [-0.05, 0) is 31.9 Å². The van der Waals surface area contributed by atoms with Gasteiger partial charge < -0.3 is 10.1 Å². The van der Waals surface area contributed by atoms with Crippen molar-refractivity contribution in [2.75, 3.05) is 0 Å². The maximum atomic E-state index is 12.3. The molecule has 22 heavy (non-hydrogen) atoms. The van der Waals surface area contributed by atoms with E-state index in [2.05, 4.69) is 11.4 Å². The van der Waals surface area contributed by atoms with Crippen LogP contribution in [0.15, 0.2) is 24.3 Å². The molecule has 1 atom stereocenters. The average molecular weight is 300 g/mol. The maximum absolute atomic E-state index is 12.3. The van der Waals surface area contributed by atoms with Gasteiger partial charge in [-0.1, -0.05) is 31.4 Å². The van der Waals surface area contributed by atoms with Crippen molar-refractivity contribution in [3.05, 3.63) is 29.8 Å². The van der Waals surface area contributed by atoms with Crippen LogP contribution in [0.3, 0.4) is 0 Å². The Labute approximate surface area is 130 Å². The Morgan fingerprint density at radius 1 is 1.36 bits per heavy atom. The average Bonchev–Trinajstić information content (AvgIpc) is 2.56. The molecule has 1 N–H and O–H groups in total. The standard InChI is InChI=1S/C17H20N2O3/c1-13(22-15-8-4-3-7-14(15)11-20)16(21)19-17(12-18)9-5-2-6-10-17/h3-4,7-8,11,13H,2,5-6,9-10H2,1H3,(H,19,21)/t13-/m1/s1. The van der Waals surface area contributed by atoms with Crippen molar-refractivity contribution in [2.45, 2.75) is 50.7 Å². The van der Waals surface area contributed by atoms with E-state index in [1.807, 2.05) is 0 Å². The Kier molecular flexibility index (Phi) is 5.16. The summed E-state index contributed by atoms with van der Waals surface area (Å²) in [6.07, 6.45) is 4.25. The Hall–Kier alpha value is -2.35. The van der Waals surface area contributed by atoms with Crippen molar-refractivity contribution < 1.29 is 14.3 Å². The molecule has 1 aromatic carbocycles. The molecule has 0 radical (unpaired) electrons. The van der Waals surface area contributed by atoms with Gasteiger partial charge in [0.2, 0.25) is 0 Å². The molecule has 0 aromatic heterocycles. The Bertz CT molecular complexity index is 586. The molecule has 0 saturated heterocycles. The van der Waals surface area contributed by atoms with Crippen LogP contribution in [0.5, 0.6) is 5.75 Å². The van der Waals surface area contributed by atoms with E-state index in [1.165, 1.54) is 0 Å². The highest BCUT2D eigenvalue weighted by molar-refractivity contribution is 5.83. The summed E-state index contributed by atoms with van der Waals surface area (Å²) >= 11 is 0. The summed E-state index contributed by atoms with van der Waals surface area (Å²) < 4.78 is 5.58. The van der Waals surface area contributed by atoms with Crippen LogP contribution < -0.4 is 10.1 Å². The van der Waals surface area contributed by atoms with Crippen molar-refractivity contribution in [3.63, 3.8) is 0 Å². The topological polar surface area (TPSA) is 79.2 Å². The molecule has 0 aliphatic heterocycles. The smallest absolute Gasteiger partial charge is 0.262 e. The third kappa shape index (κ3) is 3.64. The Morgan fingerprint density at radius 2 is 2.05 bits per heavy atom. The van der Waals surface area contributed by atoms with Gasteiger partial charge in [0, 0.05) is 0 Å². The predicted octanol–water partition coefficient (Wildman–Crippen LogP) is 2.61. The zero-order chi connectivity index (χ0) is 16.0. The summed E-state index contributed by atoms with van der Waals surface area (Å²) in [6.45, 7) is 1.62. The molecule has 1 aliphatic rings. The van der Waals surface area contributed by atoms with Gasteiger partial charge >= 0.3 is 0 Å². The lowest BCUT2D eigenvalue weighted by molar-refractivity contribution is -0.129. The lowest BCUT2D eigenvalue weighted by Crippen LogP contribution is -2.52. The first-order valence-corrected chi connectivity index (χ1v) is 7.54. The molecule has 1 fully saturated rings. The molecular weight excluding hydrogens is 280 g/mol. The number of rotatable bonds is 5. The van der Waals surface area contributed by atoms with E-state index < -0.39 is 11.6 Å². The third-order valence-electron chi connectivity index (χ3n) is 4.00. The van der Waals surface area contributed by atoms with E-state index in [0.717, 1.165) is 19.3 Å². The third-order valence-corrected chi connectivity index (χ3v) is 4.00. The summed E-state index contributed by atoms with van der Waals surface area (Å²) in [5.41, 5.74) is -0.383. The highest BCUT2D eigenvalue weighted by Crippen LogP contribution is 2.28. The largest absolute Gasteiger partial charge is 0.480 e. The zero-order valence-corrected chi connectivity index (χ0v) is 12.7. The highest BCUT2D eigenvalue weighted by atomic mass is 16.5. The molecule has 5 heteroatoms. The minimum absolute atomic E-state index is 0.329. The quantitative estimate of drug-likeness (QED) is 0.848. The number of hydrogen-bond acceptors (Lipinski definition) is 4.